The van der Waals surface area contributed by atoms with Crippen LogP contribution in [0.1, 0.15) is 31.6 Å². The largest absolute Gasteiger partial charge is 0.245 e. The maximum atomic E-state index is 12.8. The molecule has 0 amide bonds. The van der Waals surface area contributed by atoms with Crippen LogP contribution in [-0.4, -0.2) is 25.3 Å². The van der Waals surface area contributed by atoms with Gasteiger partial charge in [0.1, 0.15) is 4.90 Å². The van der Waals surface area contributed by atoms with Crippen molar-refractivity contribution >= 4 is 48.9 Å². The Balaban J connectivity index is 2.37. The molecule has 7 heteroatoms. The van der Waals surface area contributed by atoms with Crippen LogP contribution >= 0.6 is 38.9 Å². The van der Waals surface area contributed by atoms with E-state index in [1.54, 1.807) is 10.4 Å². The van der Waals surface area contributed by atoms with Gasteiger partial charge in [0.15, 0.2) is 0 Å². The fraction of sp³-hybridized carbons (Fsp3) is 0.667. The molecule has 0 aromatic carbocycles. The normalized spacial score (nSPS) is 25.7. The fourth-order valence-electron chi connectivity index (χ4n) is 2.35. The molecular weight excluding hydrogens is 370 g/mol. The van der Waals surface area contributed by atoms with E-state index < -0.39 is 10.0 Å². The quantitative estimate of drug-likeness (QED) is 0.735. The van der Waals surface area contributed by atoms with Gasteiger partial charge in [-0.3, -0.25) is 0 Å². The summed E-state index contributed by atoms with van der Waals surface area (Å²) in [6.45, 7) is 4.68. The molecule has 0 N–H and O–H groups in total. The molecule has 19 heavy (non-hydrogen) atoms. The monoisotopic (exact) mass is 385 g/mol. The highest BCUT2D eigenvalue weighted by Gasteiger charge is 2.35. The molecule has 2 rings (SSSR count). The number of sulfonamides is 1. The van der Waals surface area contributed by atoms with Crippen LogP contribution in [0.4, 0.5) is 0 Å². The number of piperidine rings is 1. The van der Waals surface area contributed by atoms with Crippen molar-refractivity contribution in [2.45, 2.75) is 43.5 Å². The topological polar surface area (TPSA) is 37.4 Å². The van der Waals surface area contributed by atoms with Gasteiger partial charge in [-0.15, -0.1) is 22.9 Å². The average Bonchev–Trinajstić information content (AvgIpc) is 2.74. The van der Waals surface area contributed by atoms with Gasteiger partial charge < -0.3 is 0 Å². The van der Waals surface area contributed by atoms with Gasteiger partial charge in [-0.25, -0.2) is 8.42 Å². The molecule has 0 bridgehead atoms. The second-order valence-electron chi connectivity index (χ2n) is 5.09. The maximum absolute atomic E-state index is 12.8. The van der Waals surface area contributed by atoms with E-state index in [4.69, 9.17) is 11.6 Å². The summed E-state index contributed by atoms with van der Waals surface area (Å²) in [5, 5.41) is 0. The van der Waals surface area contributed by atoms with Gasteiger partial charge in [-0.05, 0) is 47.7 Å². The van der Waals surface area contributed by atoms with E-state index in [0.29, 0.717) is 27.0 Å². The van der Waals surface area contributed by atoms with E-state index >= 15 is 0 Å². The Morgan fingerprint density at radius 3 is 2.74 bits per heavy atom. The molecule has 1 aromatic rings. The van der Waals surface area contributed by atoms with E-state index in [-0.39, 0.29) is 6.04 Å². The zero-order valence-corrected chi connectivity index (χ0v) is 14.9. The molecule has 0 radical (unpaired) electrons. The lowest BCUT2D eigenvalue weighted by atomic mass is 9.97. The summed E-state index contributed by atoms with van der Waals surface area (Å²) >= 11 is 10.5. The lowest BCUT2D eigenvalue weighted by molar-refractivity contribution is 0.218. The molecule has 0 spiro atoms. The number of halogens is 2. The summed E-state index contributed by atoms with van der Waals surface area (Å²) in [4.78, 5) is 1.22. The molecule has 1 aromatic heterocycles. The van der Waals surface area contributed by atoms with E-state index in [0.717, 1.165) is 17.7 Å². The van der Waals surface area contributed by atoms with Crippen LogP contribution in [0.5, 0.6) is 0 Å². The average molecular weight is 387 g/mol. The zero-order valence-electron chi connectivity index (χ0n) is 10.9. The lowest BCUT2D eigenvalue weighted by Crippen LogP contribution is -2.44. The van der Waals surface area contributed by atoms with Crippen LogP contribution in [0.3, 0.4) is 0 Å². The number of rotatable bonds is 3. The second kappa shape index (κ2) is 6.02. The molecule has 2 heterocycles. The summed E-state index contributed by atoms with van der Waals surface area (Å²) in [5.74, 6) is 0.751. The Kier molecular flexibility index (Phi) is 4.99. The predicted molar refractivity (Wildman–Crippen MR) is 83.3 cm³/mol. The number of alkyl halides is 1. The van der Waals surface area contributed by atoms with E-state index in [2.05, 4.69) is 22.9 Å². The van der Waals surface area contributed by atoms with Crippen molar-refractivity contribution in [1.82, 2.24) is 4.31 Å². The fourth-order valence-corrected chi connectivity index (χ4v) is 6.85. The summed E-state index contributed by atoms with van der Waals surface area (Å²) in [5.41, 5.74) is 0. The van der Waals surface area contributed by atoms with Gasteiger partial charge in [0.2, 0.25) is 10.0 Å². The van der Waals surface area contributed by atoms with Crippen molar-refractivity contribution < 1.29 is 8.42 Å². The first-order chi connectivity index (χ1) is 8.86. The molecule has 1 fully saturated rings. The summed E-state index contributed by atoms with van der Waals surface area (Å²) in [6.07, 6.45) is 2.01. The first kappa shape index (κ1) is 15.8. The highest BCUT2D eigenvalue weighted by Crippen LogP contribution is 2.36. The second-order valence-corrected chi connectivity index (χ2v) is 9.67. The van der Waals surface area contributed by atoms with Crippen LogP contribution in [0.25, 0.3) is 0 Å². The third kappa shape index (κ3) is 3.18. The van der Waals surface area contributed by atoms with Gasteiger partial charge in [0, 0.05) is 17.5 Å². The molecule has 3 nitrogen and oxygen atoms in total. The Bertz CT molecular complexity index is 558. The van der Waals surface area contributed by atoms with Crippen molar-refractivity contribution in [1.29, 1.82) is 0 Å². The molecule has 1 saturated heterocycles. The van der Waals surface area contributed by atoms with Crippen LogP contribution < -0.4 is 0 Å². The first-order valence-electron chi connectivity index (χ1n) is 6.22. The summed E-state index contributed by atoms with van der Waals surface area (Å²) in [7, 11) is -3.43. The van der Waals surface area contributed by atoms with E-state index in [9.17, 15) is 8.42 Å². The van der Waals surface area contributed by atoms with Crippen molar-refractivity contribution in [3.8, 4) is 0 Å². The molecular formula is C12H17BrClNO2S2. The predicted octanol–water partition coefficient (Wildman–Crippen LogP) is 4.06. The smallest absolute Gasteiger partial charge is 0.207 e. The molecule has 0 aliphatic carbocycles. The SMILES string of the molecule is CC1CCC(C)N(S(=O)(=O)c2cc(CCl)sc2Br)C1. The van der Waals surface area contributed by atoms with Crippen molar-refractivity contribution in [3.63, 3.8) is 0 Å². The molecule has 1 aliphatic heterocycles. The van der Waals surface area contributed by atoms with E-state index in [1.807, 2.05) is 6.92 Å². The maximum Gasteiger partial charge on any atom is 0.245 e. The molecule has 108 valence electrons. The highest BCUT2D eigenvalue weighted by atomic mass is 79.9. The number of nitrogens with zero attached hydrogens (tertiary/aromatic N) is 1. The van der Waals surface area contributed by atoms with Gasteiger partial charge in [0.25, 0.3) is 0 Å². The standard InChI is InChI=1S/C12H17BrClNO2S2/c1-8-3-4-9(2)15(7-8)19(16,17)11-5-10(6-14)18-12(11)13/h5,8-9H,3-4,6-7H2,1-2H3. The molecule has 0 saturated carbocycles. The zero-order chi connectivity index (χ0) is 14.2. The minimum absolute atomic E-state index is 0.0625. The van der Waals surface area contributed by atoms with Crippen molar-refractivity contribution in [2.24, 2.45) is 5.92 Å². The van der Waals surface area contributed by atoms with Crippen LogP contribution in [0.15, 0.2) is 14.7 Å². The molecule has 1 aliphatic rings. The Labute approximate surface area is 132 Å². The van der Waals surface area contributed by atoms with E-state index in [1.165, 1.54) is 11.3 Å². The van der Waals surface area contributed by atoms with Gasteiger partial charge >= 0.3 is 0 Å². The van der Waals surface area contributed by atoms with Gasteiger partial charge in [0.05, 0.1) is 9.67 Å². The lowest BCUT2D eigenvalue weighted by Gasteiger charge is -2.35. The third-order valence-corrected chi connectivity index (χ3v) is 8.16. The summed E-state index contributed by atoms with van der Waals surface area (Å²) < 4.78 is 27.8. The first-order valence-corrected chi connectivity index (χ1v) is 9.80. The van der Waals surface area contributed by atoms with Gasteiger partial charge in [-0.2, -0.15) is 4.31 Å². The number of hydrogen-bond acceptors (Lipinski definition) is 3. The van der Waals surface area contributed by atoms with Gasteiger partial charge in [-0.1, -0.05) is 6.92 Å². The van der Waals surface area contributed by atoms with Crippen molar-refractivity contribution in [2.75, 3.05) is 6.54 Å². The Morgan fingerprint density at radius 1 is 1.47 bits per heavy atom. The Morgan fingerprint density at radius 2 is 2.16 bits per heavy atom. The van der Waals surface area contributed by atoms with Crippen LogP contribution in [0.2, 0.25) is 0 Å². The highest BCUT2D eigenvalue weighted by molar-refractivity contribution is 9.11. The third-order valence-electron chi connectivity index (χ3n) is 3.49. The number of hydrogen-bond donors (Lipinski definition) is 0. The Hall–Kier alpha value is 0.380. The number of thiophene rings is 1. The molecule has 2 unspecified atom stereocenters. The minimum atomic E-state index is -3.43. The van der Waals surface area contributed by atoms with Crippen molar-refractivity contribution in [3.05, 3.63) is 14.7 Å². The summed E-state index contributed by atoms with van der Waals surface area (Å²) in [6, 6.07) is 1.75. The van der Waals surface area contributed by atoms with Crippen LogP contribution in [0, 0.1) is 5.92 Å². The van der Waals surface area contributed by atoms with Crippen LogP contribution in [-0.2, 0) is 15.9 Å². The minimum Gasteiger partial charge on any atom is -0.207 e. The molecule has 2 atom stereocenters.